The van der Waals surface area contributed by atoms with Crippen LogP contribution in [0.4, 0.5) is 0 Å². The lowest BCUT2D eigenvalue weighted by atomic mass is 9.97. The molecule has 0 aliphatic carbocycles. The van der Waals surface area contributed by atoms with Crippen molar-refractivity contribution in [3.05, 3.63) is 47.2 Å². The molecule has 0 bridgehead atoms. The van der Waals surface area contributed by atoms with Crippen LogP contribution < -0.4 is 0 Å². The van der Waals surface area contributed by atoms with Crippen LogP contribution in [0.15, 0.2) is 30.3 Å². The van der Waals surface area contributed by atoms with Gasteiger partial charge in [0.2, 0.25) is 5.91 Å². The number of esters is 1. The Bertz CT molecular complexity index is 875. The molecule has 29 heavy (non-hydrogen) atoms. The highest BCUT2D eigenvalue weighted by atomic mass is 16.5. The zero-order valence-corrected chi connectivity index (χ0v) is 18.2. The van der Waals surface area contributed by atoms with Crippen LogP contribution >= 0.6 is 0 Å². The lowest BCUT2D eigenvalue weighted by molar-refractivity contribution is -0.137. The van der Waals surface area contributed by atoms with Crippen molar-refractivity contribution in [2.24, 2.45) is 0 Å². The van der Waals surface area contributed by atoms with Gasteiger partial charge in [-0.1, -0.05) is 30.3 Å². The monoisotopic (exact) mass is 396 g/mol. The number of benzene rings is 1. The van der Waals surface area contributed by atoms with Gasteiger partial charge in [0, 0.05) is 17.8 Å². The first-order chi connectivity index (χ1) is 13.9. The Morgan fingerprint density at radius 3 is 2.28 bits per heavy atom. The Morgan fingerprint density at radius 2 is 1.69 bits per heavy atom. The molecule has 2 atom stereocenters. The predicted molar refractivity (Wildman–Crippen MR) is 115 cm³/mol. The van der Waals surface area contributed by atoms with Gasteiger partial charge in [-0.3, -0.25) is 4.79 Å². The first kappa shape index (κ1) is 21.2. The average molecular weight is 397 g/mol. The summed E-state index contributed by atoms with van der Waals surface area (Å²) in [5, 5.41) is 0. The number of likely N-dealkylation sites (tertiary alicyclic amines) is 1. The van der Waals surface area contributed by atoms with Gasteiger partial charge in [-0.15, -0.1) is 0 Å². The van der Waals surface area contributed by atoms with Crippen molar-refractivity contribution in [1.82, 2.24) is 9.47 Å². The number of carbonyl (C=O) groups excluding carboxylic acids is 2. The molecule has 1 aliphatic heterocycles. The summed E-state index contributed by atoms with van der Waals surface area (Å²) in [6, 6.07) is 10.4. The summed E-state index contributed by atoms with van der Waals surface area (Å²) in [5.41, 5.74) is 4.12. The third-order valence-corrected chi connectivity index (χ3v) is 6.07. The SMILES string of the molecule is CCOC(=O)c1c(C)c(-c2ccccc2)n(CC(=O)N2[C@H](C)CCC[C@@H]2C)c1C. The van der Waals surface area contributed by atoms with E-state index >= 15 is 0 Å². The van der Waals surface area contributed by atoms with Gasteiger partial charge < -0.3 is 14.2 Å². The second-order valence-corrected chi connectivity index (χ2v) is 8.04. The molecular weight excluding hydrogens is 364 g/mol. The minimum absolute atomic E-state index is 0.107. The molecule has 1 fully saturated rings. The van der Waals surface area contributed by atoms with Gasteiger partial charge in [-0.25, -0.2) is 4.79 Å². The molecule has 5 heteroatoms. The molecule has 1 amide bonds. The molecule has 5 nitrogen and oxygen atoms in total. The van der Waals surface area contributed by atoms with Crippen molar-refractivity contribution >= 4 is 11.9 Å². The number of nitrogens with zero attached hydrogens (tertiary/aromatic N) is 2. The summed E-state index contributed by atoms with van der Waals surface area (Å²) in [5.74, 6) is -0.221. The fraction of sp³-hybridized carbons (Fsp3) is 0.500. The van der Waals surface area contributed by atoms with Gasteiger partial charge in [0.25, 0.3) is 0 Å². The molecule has 0 radical (unpaired) electrons. The fourth-order valence-corrected chi connectivity index (χ4v) is 4.69. The highest BCUT2D eigenvalue weighted by Gasteiger charge is 2.31. The number of hydrogen-bond acceptors (Lipinski definition) is 3. The van der Waals surface area contributed by atoms with Crippen LogP contribution in [0.1, 0.15) is 61.6 Å². The topological polar surface area (TPSA) is 51.5 Å². The normalized spacial score (nSPS) is 19.3. The van der Waals surface area contributed by atoms with E-state index < -0.39 is 0 Å². The predicted octanol–water partition coefficient (Wildman–Crippen LogP) is 4.74. The van der Waals surface area contributed by atoms with E-state index in [2.05, 4.69) is 13.8 Å². The first-order valence-electron chi connectivity index (χ1n) is 10.6. The van der Waals surface area contributed by atoms with E-state index in [0.717, 1.165) is 41.8 Å². The third-order valence-electron chi connectivity index (χ3n) is 6.07. The van der Waals surface area contributed by atoms with Crippen LogP contribution in [-0.2, 0) is 16.1 Å². The number of rotatable bonds is 5. The lowest BCUT2D eigenvalue weighted by Gasteiger charge is -2.39. The van der Waals surface area contributed by atoms with Gasteiger partial charge in [-0.2, -0.15) is 0 Å². The quantitative estimate of drug-likeness (QED) is 0.686. The highest BCUT2D eigenvalue weighted by molar-refractivity contribution is 5.95. The second-order valence-electron chi connectivity index (χ2n) is 8.04. The van der Waals surface area contributed by atoms with Crippen molar-refractivity contribution in [2.45, 2.75) is 72.5 Å². The minimum atomic E-state index is -0.328. The van der Waals surface area contributed by atoms with Crippen molar-refractivity contribution < 1.29 is 14.3 Å². The summed E-state index contributed by atoms with van der Waals surface area (Å²) in [6.07, 6.45) is 3.24. The van der Waals surface area contributed by atoms with E-state index in [-0.39, 0.29) is 30.5 Å². The second kappa shape index (κ2) is 8.85. The lowest BCUT2D eigenvalue weighted by Crippen LogP contribution is -2.48. The van der Waals surface area contributed by atoms with Gasteiger partial charge in [0.15, 0.2) is 0 Å². The largest absolute Gasteiger partial charge is 0.462 e. The van der Waals surface area contributed by atoms with E-state index in [4.69, 9.17) is 4.74 Å². The van der Waals surface area contributed by atoms with E-state index in [1.807, 2.05) is 53.6 Å². The third kappa shape index (κ3) is 4.09. The van der Waals surface area contributed by atoms with E-state index in [1.165, 1.54) is 0 Å². The zero-order chi connectivity index (χ0) is 21.1. The maximum atomic E-state index is 13.3. The standard InChI is InChI=1S/C24H32N2O3/c1-6-29-24(28)22-18(4)23(20-13-8-7-9-14-20)25(19(22)5)15-21(27)26-16(2)11-10-12-17(26)3/h7-9,13-14,16-17H,6,10-12,15H2,1-5H3/t16-,17+. The van der Waals surface area contributed by atoms with Crippen molar-refractivity contribution in [2.75, 3.05) is 6.61 Å². The molecule has 1 aromatic carbocycles. The van der Waals surface area contributed by atoms with Crippen LogP contribution in [0.3, 0.4) is 0 Å². The molecule has 0 unspecified atom stereocenters. The molecule has 1 aromatic heterocycles. The molecule has 2 aromatic rings. The Balaban J connectivity index is 2.06. The Labute approximate surface area is 173 Å². The van der Waals surface area contributed by atoms with Crippen LogP contribution in [0.5, 0.6) is 0 Å². The smallest absolute Gasteiger partial charge is 0.340 e. The van der Waals surface area contributed by atoms with E-state index in [1.54, 1.807) is 6.92 Å². The maximum Gasteiger partial charge on any atom is 0.340 e. The molecule has 0 N–H and O–H groups in total. The fourth-order valence-electron chi connectivity index (χ4n) is 4.69. The van der Waals surface area contributed by atoms with E-state index in [0.29, 0.717) is 12.2 Å². The number of carbonyl (C=O) groups is 2. The molecule has 156 valence electrons. The van der Waals surface area contributed by atoms with Crippen LogP contribution in [-0.4, -0.2) is 40.0 Å². The van der Waals surface area contributed by atoms with Crippen LogP contribution in [0.25, 0.3) is 11.3 Å². The van der Waals surface area contributed by atoms with Gasteiger partial charge in [-0.05, 0) is 65.0 Å². The van der Waals surface area contributed by atoms with Crippen LogP contribution in [0, 0.1) is 13.8 Å². The minimum Gasteiger partial charge on any atom is -0.462 e. The average Bonchev–Trinajstić information content (AvgIpc) is 2.92. The molecule has 1 aliphatic rings. The Morgan fingerprint density at radius 1 is 1.07 bits per heavy atom. The number of amides is 1. The number of hydrogen-bond donors (Lipinski definition) is 0. The summed E-state index contributed by atoms with van der Waals surface area (Å²) in [6.45, 7) is 10.5. The van der Waals surface area contributed by atoms with Gasteiger partial charge >= 0.3 is 5.97 Å². The van der Waals surface area contributed by atoms with Crippen molar-refractivity contribution in [3.63, 3.8) is 0 Å². The van der Waals surface area contributed by atoms with Crippen molar-refractivity contribution in [1.29, 1.82) is 0 Å². The number of piperidine rings is 1. The maximum absolute atomic E-state index is 13.3. The summed E-state index contributed by atoms with van der Waals surface area (Å²) in [4.78, 5) is 28.0. The van der Waals surface area contributed by atoms with Crippen LogP contribution in [0.2, 0.25) is 0 Å². The van der Waals surface area contributed by atoms with Gasteiger partial charge in [0.1, 0.15) is 6.54 Å². The van der Waals surface area contributed by atoms with Crippen molar-refractivity contribution in [3.8, 4) is 11.3 Å². The number of ether oxygens (including phenoxy) is 1. The zero-order valence-electron chi connectivity index (χ0n) is 18.2. The molecule has 2 heterocycles. The summed E-state index contributed by atoms with van der Waals surface area (Å²) in [7, 11) is 0. The summed E-state index contributed by atoms with van der Waals surface area (Å²) < 4.78 is 7.29. The molecule has 1 saturated heterocycles. The molecule has 3 rings (SSSR count). The first-order valence-corrected chi connectivity index (χ1v) is 10.6. The Hall–Kier alpha value is -2.56. The summed E-state index contributed by atoms with van der Waals surface area (Å²) >= 11 is 0. The molecule has 0 spiro atoms. The van der Waals surface area contributed by atoms with Gasteiger partial charge in [0.05, 0.1) is 17.9 Å². The van der Waals surface area contributed by atoms with E-state index in [9.17, 15) is 9.59 Å². The molecular formula is C24H32N2O3. The number of aromatic nitrogens is 1. The highest BCUT2D eigenvalue weighted by Crippen LogP contribution is 2.32. The molecule has 0 saturated carbocycles. The Kier molecular flexibility index (Phi) is 6.46.